The van der Waals surface area contributed by atoms with Gasteiger partial charge >= 0.3 is 11.9 Å². The number of hydrogen-bond donors (Lipinski definition) is 1. The van der Waals surface area contributed by atoms with E-state index in [4.69, 9.17) is 5.11 Å². The van der Waals surface area contributed by atoms with Crippen LogP contribution in [0.15, 0.2) is 25.0 Å². The Morgan fingerprint density at radius 1 is 1.43 bits per heavy atom. The largest absolute Gasteiger partial charge is 0.502 e. The quantitative estimate of drug-likeness (QED) is 0.417. The summed E-state index contributed by atoms with van der Waals surface area (Å²) in [7, 11) is 1.18. The fourth-order valence-electron chi connectivity index (χ4n) is 0.325. The average Bonchev–Trinajstić information content (AvgIpc) is 2.16. The van der Waals surface area contributed by atoms with E-state index in [0.717, 1.165) is 12.7 Å². The van der Waals surface area contributed by atoms with Gasteiger partial charge in [0, 0.05) is 12.2 Å². The number of rotatable bonds is 4. The van der Waals surface area contributed by atoms with Gasteiger partial charge in [0.15, 0.2) is 0 Å². The van der Waals surface area contributed by atoms with Crippen molar-refractivity contribution < 1.29 is 24.2 Å². The van der Waals surface area contributed by atoms with Gasteiger partial charge in [0.05, 0.1) is 20.0 Å². The van der Waals surface area contributed by atoms with Gasteiger partial charge in [-0.25, -0.2) is 9.59 Å². The van der Waals surface area contributed by atoms with Crippen molar-refractivity contribution in [3.63, 3.8) is 0 Å². The maximum absolute atomic E-state index is 10.1. The highest BCUT2D eigenvalue weighted by molar-refractivity contribution is 5.90. The Bertz CT molecular complexity index is 207. The monoisotopic (exact) mass is 202 g/mol. The lowest BCUT2D eigenvalue weighted by molar-refractivity contribution is -0.136. The normalized spacial score (nSPS) is 8.43. The van der Waals surface area contributed by atoms with Gasteiger partial charge in [-0.1, -0.05) is 6.58 Å². The summed E-state index contributed by atoms with van der Waals surface area (Å²) in [6.45, 7) is 5.97. The van der Waals surface area contributed by atoms with Crippen molar-refractivity contribution in [3.8, 4) is 0 Å². The van der Waals surface area contributed by atoms with Gasteiger partial charge < -0.3 is 14.6 Å². The summed E-state index contributed by atoms with van der Waals surface area (Å²) in [5, 5.41) is 7.96. The smallest absolute Gasteiger partial charge is 0.330 e. The van der Waals surface area contributed by atoms with Crippen LogP contribution in [-0.2, 0) is 19.1 Å². The van der Waals surface area contributed by atoms with E-state index in [-0.39, 0.29) is 0 Å². The number of hydrogen-bond acceptors (Lipinski definition) is 4. The van der Waals surface area contributed by atoms with Crippen LogP contribution in [0.4, 0.5) is 0 Å². The fourth-order valence-corrected chi connectivity index (χ4v) is 0.325. The van der Waals surface area contributed by atoms with Crippen LogP contribution in [0.2, 0.25) is 0 Å². The molecule has 0 atom stereocenters. The van der Waals surface area contributed by atoms with Crippen LogP contribution in [-0.4, -0.2) is 30.8 Å². The molecule has 0 saturated carbocycles. The molecule has 0 radical (unpaired) electrons. The van der Waals surface area contributed by atoms with Crippen molar-refractivity contribution in [2.24, 2.45) is 0 Å². The number of carboxylic acid groups (broad SMARTS) is 1. The molecular weight excluding hydrogens is 188 g/mol. The summed E-state index contributed by atoms with van der Waals surface area (Å²) in [5.41, 5.74) is 0. The highest BCUT2D eigenvalue weighted by Crippen LogP contribution is 1.76. The number of methoxy groups -OCH3 is 1. The van der Waals surface area contributed by atoms with Crippen molar-refractivity contribution >= 4 is 11.9 Å². The molecule has 0 aromatic heterocycles. The first-order valence-electron chi connectivity index (χ1n) is 3.79. The summed E-state index contributed by atoms with van der Waals surface area (Å²) in [5.74, 6) is -1.84. The predicted octanol–water partition coefficient (Wildman–Crippen LogP) is 0.967. The van der Waals surface area contributed by atoms with Crippen molar-refractivity contribution in [1.29, 1.82) is 0 Å². The van der Waals surface area contributed by atoms with E-state index < -0.39 is 11.9 Å². The lowest BCUT2D eigenvalue weighted by Gasteiger charge is -1.85. The van der Waals surface area contributed by atoms with E-state index in [1.807, 2.05) is 6.92 Å². The molecule has 0 spiro atoms. The Kier molecular flexibility index (Phi) is 11.8. The predicted molar refractivity (Wildman–Crippen MR) is 50.6 cm³/mol. The summed E-state index contributed by atoms with van der Waals surface area (Å²) in [4.78, 5) is 19.9. The summed E-state index contributed by atoms with van der Waals surface area (Å²) in [6, 6.07) is 0. The molecule has 0 rings (SSSR count). The average molecular weight is 202 g/mol. The van der Waals surface area contributed by atoms with Crippen LogP contribution >= 0.6 is 0 Å². The molecule has 5 nitrogen and oxygen atoms in total. The zero-order valence-electron chi connectivity index (χ0n) is 8.23. The zero-order valence-corrected chi connectivity index (χ0v) is 8.23. The first-order chi connectivity index (χ1) is 6.58. The van der Waals surface area contributed by atoms with Gasteiger partial charge in [-0.05, 0) is 6.92 Å². The third-order valence-electron chi connectivity index (χ3n) is 0.848. The number of carbonyl (C=O) groups is 2. The summed E-state index contributed by atoms with van der Waals surface area (Å²) >= 11 is 0. The molecule has 0 unspecified atom stereocenters. The van der Waals surface area contributed by atoms with Crippen LogP contribution in [0, 0.1) is 0 Å². The van der Waals surface area contributed by atoms with Crippen molar-refractivity contribution in [2.75, 3.05) is 13.7 Å². The first-order valence-corrected chi connectivity index (χ1v) is 3.79. The lowest BCUT2D eigenvalue weighted by atomic mass is 10.5. The van der Waals surface area contributed by atoms with Crippen molar-refractivity contribution in [3.05, 3.63) is 25.0 Å². The van der Waals surface area contributed by atoms with Crippen LogP contribution in [0.25, 0.3) is 0 Å². The van der Waals surface area contributed by atoms with Gasteiger partial charge in [-0.2, -0.15) is 0 Å². The number of aliphatic carboxylic acids is 1. The molecule has 14 heavy (non-hydrogen) atoms. The minimum atomic E-state index is -1.17. The number of ether oxygens (including phenoxy) is 2. The molecule has 80 valence electrons. The third kappa shape index (κ3) is 16.7. The van der Waals surface area contributed by atoms with E-state index in [1.54, 1.807) is 0 Å². The van der Waals surface area contributed by atoms with Crippen molar-refractivity contribution in [1.82, 2.24) is 0 Å². The Morgan fingerprint density at radius 2 is 2.00 bits per heavy atom. The standard InChI is InChI=1S/C5H6O4.C4H8O/c1-9-5(8)3-2-4(6)7;1-3-5-4-2/h2-3H,1H3,(H,6,7);3H,1,4H2,2H3. The molecule has 5 heteroatoms. The maximum atomic E-state index is 10.1. The number of carbonyl (C=O) groups excluding carboxylic acids is 1. The SMILES string of the molecule is C=COCC.COC(=O)C=CC(=O)O. The van der Waals surface area contributed by atoms with E-state index >= 15 is 0 Å². The molecule has 0 aliphatic heterocycles. The minimum Gasteiger partial charge on any atom is -0.502 e. The molecule has 0 aromatic carbocycles. The van der Waals surface area contributed by atoms with E-state index in [2.05, 4.69) is 16.1 Å². The second kappa shape index (κ2) is 11.2. The summed E-state index contributed by atoms with van der Waals surface area (Å²) < 4.78 is 8.71. The molecule has 0 heterocycles. The molecule has 0 bridgehead atoms. The Morgan fingerprint density at radius 3 is 2.21 bits per heavy atom. The minimum absolute atomic E-state index is 0.669. The second-order valence-electron chi connectivity index (χ2n) is 1.82. The van der Waals surface area contributed by atoms with Crippen molar-refractivity contribution in [2.45, 2.75) is 6.92 Å². The molecule has 0 aromatic rings. The van der Waals surface area contributed by atoms with Crippen LogP contribution in [0.5, 0.6) is 0 Å². The Hall–Kier alpha value is -1.78. The Labute approximate surface area is 82.6 Å². The van der Waals surface area contributed by atoms with Gasteiger partial charge in [-0.15, -0.1) is 0 Å². The van der Waals surface area contributed by atoms with E-state index in [0.29, 0.717) is 6.08 Å². The highest BCUT2D eigenvalue weighted by Gasteiger charge is 1.91. The van der Waals surface area contributed by atoms with Gasteiger partial charge in [-0.3, -0.25) is 0 Å². The van der Waals surface area contributed by atoms with E-state index in [1.165, 1.54) is 13.4 Å². The maximum Gasteiger partial charge on any atom is 0.330 e. The number of esters is 1. The fraction of sp³-hybridized carbons (Fsp3) is 0.333. The van der Waals surface area contributed by atoms with Gasteiger partial charge in [0.25, 0.3) is 0 Å². The molecule has 0 aliphatic rings. The third-order valence-corrected chi connectivity index (χ3v) is 0.848. The van der Waals surface area contributed by atoms with E-state index in [9.17, 15) is 9.59 Å². The molecule has 1 N–H and O–H groups in total. The summed E-state index contributed by atoms with van der Waals surface area (Å²) in [6.07, 6.45) is 2.98. The molecule has 0 aliphatic carbocycles. The van der Waals surface area contributed by atoms with Gasteiger partial charge in [0.1, 0.15) is 0 Å². The first kappa shape index (κ1) is 14.7. The lowest BCUT2D eigenvalue weighted by Crippen LogP contribution is -1.96. The molecule has 0 amide bonds. The van der Waals surface area contributed by atoms with Crippen LogP contribution in [0.1, 0.15) is 6.92 Å². The molecular formula is C9H14O5. The van der Waals surface area contributed by atoms with Crippen LogP contribution < -0.4 is 0 Å². The van der Waals surface area contributed by atoms with Crippen LogP contribution in [0.3, 0.4) is 0 Å². The molecule has 0 fully saturated rings. The topological polar surface area (TPSA) is 72.8 Å². The zero-order chi connectivity index (χ0) is 11.4. The highest BCUT2D eigenvalue weighted by atomic mass is 16.5. The molecule has 0 saturated heterocycles. The van der Waals surface area contributed by atoms with Gasteiger partial charge in [0.2, 0.25) is 0 Å². The number of carboxylic acids is 1. The Balaban J connectivity index is 0. The second-order valence-corrected chi connectivity index (χ2v) is 1.82.